The maximum Gasteiger partial charge on any atom is 0.122 e. The molecule has 66 valence electrons. The Balaban J connectivity index is 3.19. The van der Waals surface area contributed by atoms with Crippen LogP contribution in [-0.2, 0) is 11.5 Å². The second-order valence-corrected chi connectivity index (χ2v) is 3.37. The van der Waals surface area contributed by atoms with E-state index in [2.05, 4.69) is 25.3 Å². The van der Waals surface area contributed by atoms with Gasteiger partial charge < -0.3 is 5.11 Å². The van der Waals surface area contributed by atoms with E-state index in [0.29, 0.717) is 17.3 Å². The van der Waals surface area contributed by atoms with Crippen LogP contribution in [0, 0.1) is 6.92 Å². The number of benzene rings is 1. The van der Waals surface area contributed by atoms with Crippen LogP contribution in [-0.4, -0.2) is 5.11 Å². The highest BCUT2D eigenvalue weighted by atomic mass is 32.1. The molecule has 12 heavy (non-hydrogen) atoms. The molecule has 0 heterocycles. The molecular formula is C9H12OS2. The van der Waals surface area contributed by atoms with Crippen LogP contribution in [0.25, 0.3) is 0 Å². The second kappa shape index (κ2) is 4.10. The van der Waals surface area contributed by atoms with Crippen LogP contribution in [0.3, 0.4) is 0 Å². The first-order chi connectivity index (χ1) is 5.69. The minimum absolute atomic E-state index is 0.357. The molecule has 3 heteroatoms. The molecule has 1 N–H and O–H groups in total. The molecule has 0 spiro atoms. The van der Waals surface area contributed by atoms with Gasteiger partial charge in [0.05, 0.1) is 0 Å². The van der Waals surface area contributed by atoms with E-state index >= 15 is 0 Å². The van der Waals surface area contributed by atoms with Crippen LogP contribution in [0.15, 0.2) is 12.1 Å². The third-order valence-electron chi connectivity index (χ3n) is 1.79. The molecule has 0 amide bonds. The average Bonchev–Trinajstić information content (AvgIpc) is 2.09. The molecule has 1 nitrogen and oxygen atoms in total. The van der Waals surface area contributed by atoms with Gasteiger partial charge in [-0.2, -0.15) is 25.3 Å². The topological polar surface area (TPSA) is 20.2 Å². The van der Waals surface area contributed by atoms with Crippen LogP contribution < -0.4 is 0 Å². The smallest absolute Gasteiger partial charge is 0.122 e. The van der Waals surface area contributed by atoms with Crippen molar-refractivity contribution in [2.24, 2.45) is 0 Å². The number of thiol groups is 2. The minimum Gasteiger partial charge on any atom is -0.507 e. The zero-order chi connectivity index (χ0) is 9.14. The zero-order valence-corrected chi connectivity index (χ0v) is 8.70. The van der Waals surface area contributed by atoms with E-state index in [0.717, 1.165) is 16.7 Å². The predicted molar refractivity (Wildman–Crippen MR) is 58.2 cm³/mol. The summed E-state index contributed by atoms with van der Waals surface area (Å²) in [4.78, 5) is 0. The lowest BCUT2D eigenvalue weighted by Crippen LogP contribution is -1.88. The maximum absolute atomic E-state index is 9.54. The van der Waals surface area contributed by atoms with Gasteiger partial charge in [-0.25, -0.2) is 0 Å². The van der Waals surface area contributed by atoms with Gasteiger partial charge in [-0.15, -0.1) is 0 Å². The van der Waals surface area contributed by atoms with Crippen molar-refractivity contribution in [3.05, 3.63) is 28.8 Å². The molecule has 0 fully saturated rings. The van der Waals surface area contributed by atoms with Gasteiger partial charge >= 0.3 is 0 Å². The first-order valence-electron chi connectivity index (χ1n) is 3.72. The Morgan fingerprint density at radius 3 is 2.42 bits per heavy atom. The summed E-state index contributed by atoms with van der Waals surface area (Å²) in [7, 11) is 0. The van der Waals surface area contributed by atoms with E-state index in [9.17, 15) is 5.11 Å². The highest BCUT2D eigenvalue weighted by Crippen LogP contribution is 2.25. The SMILES string of the molecule is Cc1cc(CS)cc(CS)c1O. The van der Waals surface area contributed by atoms with Crippen LogP contribution in [0.1, 0.15) is 16.7 Å². The Labute approximate surface area is 83.6 Å². The van der Waals surface area contributed by atoms with Crippen LogP contribution in [0.4, 0.5) is 0 Å². The van der Waals surface area contributed by atoms with Crippen LogP contribution >= 0.6 is 25.3 Å². The van der Waals surface area contributed by atoms with Crippen molar-refractivity contribution in [3.63, 3.8) is 0 Å². The summed E-state index contributed by atoms with van der Waals surface area (Å²) in [5.41, 5.74) is 2.89. The molecule has 0 radical (unpaired) electrons. The van der Waals surface area contributed by atoms with Crippen LogP contribution in [0.2, 0.25) is 0 Å². The number of hydrogen-bond acceptors (Lipinski definition) is 3. The highest BCUT2D eigenvalue weighted by molar-refractivity contribution is 7.79. The molecular weight excluding hydrogens is 188 g/mol. The summed E-state index contributed by atoms with van der Waals surface area (Å²) >= 11 is 8.30. The van der Waals surface area contributed by atoms with Crippen molar-refractivity contribution in [1.82, 2.24) is 0 Å². The number of aryl methyl sites for hydroxylation is 1. The fourth-order valence-electron chi connectivity index (χ4n) is 1.15. The van der Waals surface area contributed by atoms with Crippen LogP contribution in [0.5, 0.6) is 5.75 Å². The van der Waals surface area contributed by atoms with Gasteiger partial charge in [0.1, 0.15) is 5.75 Å². The Bertz CT molecular complexity index is 284. The van der Waals surface area contributed by atoms with Gasteiger partial charge in [0.2, 0.25) is 0 Å². The fourth-order valence-corrected chi connectivity index (χ4v) is 1.57. The Morgan fingerprint density at radius 1 is 1.25 bits per heavy atom. The van der Waals surface area contributed by atoms with E-state index < -0.39 is 0 Å². The summed E-state index contributed by atoms with van der Waals surface area (Å²) < 4.78 is 0. The number of phenols is 1. The third kappa shape index (κ3) is 1.90. The lowest BCUT2D eigenvalue weighted by Gasteiger charge is -2.07. The van der Waals surface area contributed by atoms with E-state index in [1.54, 1.807) is 0 Å². The van der Waals surface area contributed by atoms with Gasteiger partial charge in [-0.1, -0.05) is 12.1 Å². The number of rotatable bonds is 2. The van der Waals surface area contributed by atoms with Crippen molar-refractivity contribution in [2.75, 3.05) is 0 Å². The summed E-state index contributed by atoms with van der Waals surface area (Å²) in [6.07, 6.45) is 0. The average molecular weight is 200 g/mol. The molecule has 0 atom stereocenters. The monoisotopic (exact) mass is 200 g/mol. The molecule has 0 aliphatic rings. The van der Waals surface area contributed by atoms with Crippen molar-refractivity contribution in [1.29, 1.82) is 0 Å². The molecule has 0 saturated heterocycles. The highest BCUT2D eigenvalue weighted by Gasteiger charge is 2.04. The molecule has 0 saturated carbocycles. The van der Waals surface area contributed by atoms with E-state index in [1.807, 2.05) is 19.1 Å². The summed E-state index contributed by atoms with van der Waals surface area (Å²) in [5.74, 6) is 1.62. The first kappa shape index (κ1) is 9.81. The Kier molecular flexibility index (Phi) is 3.35. The first-order valence-corrected chi connectivity index (χ1v) is 4.98. The predicted octanol–water partition coefficient (Wildman–Crippen LogP) is 2.56. The molecule has 1 rings (SSSR count). The molecule has 0 aromatic heterocycles. The number of phenolic OH excluding ortho intramolecular Hbond substituents is 1. The summed E-state index contributed by atoms with van der Waals surface area (Å²) in [5, 5.41) is 9.54. The lowest BCUT2D eigenvalue weighted by molar-refractivity contribution is 0.466. The van der Waals surface area contributed by atoms with Gasteiger partial charge in [0.15, 0.2) is 0 Å². The van der Waals surface area contributed by atoms with Crippen molar-refractivity contribution < 1.29 is 5.11 Å². The Hall–Kier alpha value is -0.280. The number of aromatic hydroxyl groups is 1. The third-order valence-corrected chi connectivity index (χ3v) is 2.50. The molecule has 0 unspecified atom stereocenters. The van der Waals surface area contributed by atoms with Gasteiger partial charge in [-0.05, 0) is 18.1 Å². The summed E-state index contributed by atoms with van der Waals surface area (Å²) in [6.45, 7) is 1.88. The standard InChI is InChI=1S/C9H12OS2/c1-6-2-7(4-11)3-8(5-12)9(6)10/h2-3,10-12H,4-5H2,1H3. The van der Waals surface area contributed by atoms with Crippen molar-refractivity contribution in [2.45, 2.75) is 18.4 Å². The molecule has 1 aromatic carbocycles. The molecule has 1 aromatic rings. The maximum atomic E-state index is 9.54. The van der Waals surface area contributed by atoms with Crippen molar-refractivity contribution in [3.8, 4) is 5.75 Å². The fraction of sp³-hybridized carbons (Fsp3) is 0.333. The zero-order valence-electron chi connectivity index (χ0n) is 6.91. The van der Waals surface area contributed by atoms with E-state index in [-0.39, 0.29) is 0 Å². The second-order valence-electron chi connectivity index (χ2n) is 2.74. The van der Waals surface area contributed by atoms with Crippen molar-refractivity contribution >= 4 is 25.3 Å². The van der Waals surface area contributed by atoms with Gasteiger partial charge in [-0.3, -0.25) is 0 Å². The van der Waals surface area contributed by atoms with E-state index in [1.165, 1.54) is 0 Å². The Morgan fingerprint density at radius 2 is 1.92 bits per heavy atom. The number of hydrogen-bond donors (Lipinski definition) is 3. The minimum atomic E-state index is 0.357. The van der Waals surface area contributed by atoms with Gasteiger partial charge in [0, 0.05) is 17.1 Å². The lowest BCUT2D eigenvalue weighted by atomic mass is 10.1. The largest absolute Gasteiger partial charge is 0.507 e. The molecule has 0 aliphatic carbocycles. The molecule has 0 aliphatic heterocycles. The normalized spacial score (nSPS) is 10.2. The quantitative estimate of drug-likeness (QED) is 0.627. The van der Waals surface area contributed by atoms with E-state index in [4.69, 9.17) is 0 Å². The van der Waals surface area contributed by atoms with Gasteiger partial charge in [0.25, 0.3) is 0 Å². The molecule has 0 bridgehead atoms. The summed E-state index contributed by atoms with van der Waals surface area (Å²) in [6, 6.07) is 3.87.